The molecule has 1 aliphatic rings. The first-order chi connectivity index (χ1) is 9.47. The number of carbonyl (C=O) groups excluding carboxylic acids is 1. The van der Waals surface area contributed by atoms with E-state index in [2.05, 4.69) is 18.7 Å². The molecule has 1 aromatic carbocycles. The highest BCUT2D eigenvalue weighted by atomic mass is 16.2. The third kappa shape index (κ3) is 3.51. The van der Waals surface area contributed by atoms with Crippen LogP contribution in [0.1, 0.15) is 29.8 Å². The van der Waals surface area contributed by atoms with Crippen LogP contribution in [0.4, 0.5) is 5.69 Å². The van der Waals surface area contributed by atoms with Crippen molar-refractivity contribution in [3.05, 3.63) is 29.3 Å². The largest absolute Gasteiger partial charge is 0.398 e. The lowest BCUT2D eigenvalue weighted by Crippen LogP contribution is -2.49. The maximum Gasteiger partial charge on any atom is 0.256 e. The predicted molar refractivity (Wildman–Crippen MR) is 82.8 cm³/mol. The highest BCUT2D eigenvalue weighted by molar-refractivity contribution is 5.99. The number of anilines is 1. The second-order valence-electron chi connectivity index (χ2n) is 6.08. The van der Waals surface area contributed by atoms with Crippen LogP contribution in [0.15, 0.2) is 18.2 Å². The number of amides is 1. The van der Waals surface area contributed by atoms with Crippen molar-refractivity contribution in [3.8, 4) is 0 Å². The Labute approximate surface area is 121 Å². The van der Waals surface area contributed by atoms with Gasteiger partial charge in [-0.05, 0) is 25.0 Å². The average molecular weight is 275 g/mol. The molecular weight excluding hydrogens is 250 g/mol. The van der Waals surface area contributed by atoms with Gasteiger partial charge in [0.1, 0.15) is 0 Å². The molecule has 1 aliphatic heterocycles. The van der Waals surface area contributed by atoms with Crippen LogP contribution in [0.5, 0.6) is 0 Å². The van der Waals surface area contributed by atoms with Gasteiger partial charge in [-0.3, -0.25) is 9.69 Å². The van der Waals surface area contributed by atoms with E-state index in [0.717, 1.165) is 38.3 Å². The molecule has 0 unspecified atom stereocenters. The molecule has 0 saturated carbocycles. The molecule has 4 heteroatoms. The quantitative estimate of drug-likeness (QED) is 0.858. The van der Waals surface area contributed by atoms with Crippen LogP contribution >= 0.6 is 0 Å². The molecule has 0 radical (unpaired) electrons. The van der Waals surface area contributed by atoms with Crippen LogP contribution in [0.3, 0.4) is 0 Å². The van der Waals surface area contributed by atoms with E-state index in [4.69, 9.17) is 5.73 Å². The van der Waals surface area contributed by atoms with E-state index in [1.807, 2.05) is 30.0 Å². The third-order valence-corrected chi connectivity index (χ3v) is 3.72. The van der Waals surface area contributed by atoms with E-state index in [-0.39, 0.29) is 5.91 Å². The van der Waals surface area contributed by atoms with Gasteiger partial charge in [0.15, 0.2) is 0 Å². The zero-order chi connectivity index (χ0) is 14.7. The lowest BCUT2D eigenvalue weighted by Gasteiger charge is -2.35. The Kier molecular flexibility index (Phi) is 4.65. The lowest BCUT2D eigenvalue weighted by atomic mass is 10.1. The third-order valence-electron chi connectivity index (χ3n) is 3.72. The summed E-state index contributed by atoms with van der Waals surface area (Å²) in [5.74, 6) is 0.736. The fourth-order valence-electron chi connectivity index (χ4n) is 2.68. The topological polar surface area (TPSA) is 49.6 Å². The van der Waals surface area contributed by atoms with Gasteiger partial charge in [0.2, 0.25) is 0 Å². The average Bonchev–Trinajstić information content (AvgIpc) is 2.41. The Bertz CT molecular complexity index is 477. The smallest absolute Gasteiger partial charge is 0.256 e. The summed E-state index contributed by atoms with van der Waals surface area (Å²) in [5.41, 5.74) is 8.22. The summed E-state index contributed by atoms with van der Waals surface area (Å²) in [6, 6.07) is 5.64. The number of hydrogen-bond donors (Lipinski definition) is 1. The van der Waals surface area contributed by atoms with E-state index in [1.165, 1.54) is 0 Å². The van der Waals surface area contributed by atoms with Crippen LogP contribution in [-0.2, 0) is 0 Å². The Morgan fingerprint density at radius 1 is 1.25 bits per heavy atom. The van der Waals surface area contributed by atoms with Crippen molar-refractivity contribution in [1.29, 1.82) is 0 Å². The van der Waals surface area contributed by atoms with Gasteiger partial charge in [0, 0.05) is 38.4 Å². The van der Waals surface area contributed by atoms with Gasteiger partial charge >= 0.3 is 0 Å². The molecular formula is C16H25N3O. The first-order valence-corrected chi connectivity index (χ1v) is 7.35. The number of piperazine rings is 1. The van der Waals surface area contributed by atoms with Crippen molar-refractivity contribution in [2.24, 2.45) is 5.92 Å². The van der Waals surface area contributed by atoms with Gasteiger partial charge in [-0.1, -0.05) is 25.5 Å². The number of rotatable bonds is 3. The molecule has 0 spiro atoms. The molecule has 20 heavy (non-hydrogen) atoms. The molecule has 1 aromatic rings. The minimum Gasteiger partial charge on any atom is -0.398 e. The highest BCUT2D eigenvalue weighted by Gasteiger charge is 2.23. The summed E-state index contributed by atoms with van der Waals surface area (Å²) in [6.45, 7) is 11.0. The maximum atomic E-state index is 12.5. The fraction of sp³-hybridized carbons (Fsp3) is 0.562. The molecule has 2 rings (SSSR count). The Morgan fingerprint density at radius 2 is 1.90 bits per heavy atom. The van der Waals surface area contributed by atoms with Crippen molar-refractivity contribution < 1.29 is 4.79 Å². The number of carbonyl (C=O) groups is 1. The number of benzene rings is 1. The summed E-state index contributed by atoms with van der Waals surface area (Å²) in [7, 11) is 0. The molecule has 1 saturated heterocycles. The first-order valence-electron chi connectivity index (χ1n) is 7.35. The summed E-state index contributed by atoms with van der Waals surface area (Å²) in [4.78, 5) is 16.9. The van der Waals surface area contributed by atoms with Gasteiger partial charge in [0.05, 0.1) is 5.56 Å². The van der Waals surface area contributed by atoms with Gasteiger partial charge in [-0.15, -0.1) is 0 Å². The highest BCUT2D eigenvalue weighted by Crippen LogP contribution is 2.17. The first kappa shape index (κ1) is 14.9. The maximum absolute atomic E-state index is 12.5. The van der Waals surface area contributed by atoms with Crippen molar-refractivity contribution in [3.63, 3.8) is 0 Å². The summed E-state index contributed by atoms with van der Waals surface area (Å²) in [6.07, 6.45) is 0. The standard InChI is InChI=1S/C16H25N3O/c1-12(2)11-18-6-8-19(9-7-18)16(20)14-10-13(3)4-5-15(14)17/h4-5,10,12H,6-9,11,17H2,1-3H3. The van der Waals surface area contributed by atoms with Gasteiger partial charge in [0.25, 0.3) is 5.91 Å². The van der Waals surface area contributed by atoms with Crippen LogP contribution < -0.4 is 5.73 Å². The number of nitrogens with zero attached hydrogens (tertiary/aromatic N) is 2. The Balaban J connectivity index is 2.00. The molecule has 1 fully saturated rings. The van der Waals surface area contributed by atoms with E-state index in [9.17, 15) is 4.79 Å². The van der Waals surface area contributed by atoms with Gasteiger partial charge < -0.3 is 10.6 Å². The van der Waals surface area contributed by atoms with E-state index >= 15 is 0 Å². The van der Waals surface area contributed by atoms with Crippen LogP contribution in [-0.4, -0.2) is 48.4 Å². The van der Waals surface area contributed by atoms with Crippen molar-refractivity contribution >= 4 is 11.6 Å². The second kappa shape index (κ2) is 6.27. The number of aryl methyl sites for hydroxylation is 1. The molecule has 0 atom stereocenters. The number of nitrogen functional groups attached to an aromatic ring is 1. The zero-order valence-corrected chi connectivity index (χ0v) is 12.7. The minimum atomic E-state index is 0.0652. The van der Waals surface area contributed by atoms with Crippen molar-refractivity contribution in [2.75, 3.05) is 38.5 Å². The molecule has 0 aromatic heterocycles. The molecule has 2 N–H and O–H groups in total. The predicted octanol–water partition coefficient (Wildman–Crippen LogP) is 1.99. The molecule has 4 nitrogen and oxygen atoms in total. The fourth-order valence-corrected chi connectivity index (χ4v) is 2.68. The second-order valence-corrected chi connectivity index (χ2v) is 6.08. The molecule has 110 valence electrons. The van der Waals surface area contributed by atoms with Crippen LogP contribution in [0.2, 0.25) is 0 Å². The molecule has 0 bridgehead atoms. The molecule has 1 heterocycles. The van der Waals surface area contributed by atoms with Crippen molar-refractivity contribution in [1.82, 2.24) is 9.80 Å². The number of nitrogens with two attached hydrogens (primary N) is 1. The Morgan fingerprint density at radius 3 is 2.50 bits per heavy atom. The van der Waals surface area contributed by atoms with E-state index in [0.29, 0.717) is 17.2 Å². The normalized spacial score (nSPS) is 16.7. The van der Waals surface area contributed by atoms with Crippen LogP contribution in [0, 0.1) is 12.8 Å². The lowest BCUT2D eigenvalue weighted by molar-refractivity contribution is 0.0625. The number of hydrogen-bond acceptors (Lipinski definition) is 3. The van der Waals surface area contributed by atoms with Crippen LogP contribution in [0.25, 0.3) is 0 Å². The van der Waals surface area contributed by atoms with E-state index in [1.54, 1.807) is 0 Å². The van der Waals surface area contributed by atoms with E-state index < -0.39 is 0 Å². The zero-order valence-electron chi connectivity index (χ0n) is 12.7. The monoisotopic (exact) mass is 275 g/mol. The summed E-state index contributed by atoms with van der Waals surface area (Å²) in [5, 5.41) is 0. The van der Waals surface area contributed by atoms with Crippen molar-refractivity contribution in [2.45, 2.75) is 20.8 Å². The Hall–Kier alpha value is -1.55. The molecule has 1 amide bonds. The van der Waals surface area contributed by atoms with Gasteiger partial charge in [-0.25, -0.2) is 0 Å². The summed E-state index contributed by atoms with van der Waals surface area (Å²) >= 11 is 0. The summed E-state index contributed by atoms with van der Waals surface area (Å²) < 4.78 is 0. The van der Waals surface area contributed by atoms with Gasteiger partial charge in [-0.2, -0.15) is 0 Å². The SMILES string of the molecule is Cc1ccc(N)c(C(=O)N2CCN(CC(C)C)CC2)c1. The minimum absolute atomic E-state index is 0.0652. The molecule has 0 aliphatic carbocycles.